The van der Waals surface area contributed by atoms with E-state index in [4.69, 9.17) is 17.3 Å². The summed E-state index contributed by atoms with van der Waals surface area (Å²) in [5.74, 6) is 0. The molecule has 0 spiro atoms. The van der Waals surface area contributed by atoms with Gasteiger partial charge in [0.2, 0.25) is 0 Å². The average molecular weight is 283 g/mol. The number of nitrogen functional groups attached to an aromatic ring is 1. The van der Waals surface area contributed by atoms with E-state index in [9.17, 15) is 0 Å². The van der Waals surface area contributed by atoms with Crippen LogP contribution in [0.1, 0.15) is 5.56 Å². The Morgan fingerprint density at radius 2 is 1.60 bits per heavy atom. The fourth-order valence-corrected chi connectivity index (χ4v) is 2.44. The fraction of sp³-hybridized carbons (Fsp3) is 0.0588. The van der Waals surface area contributed by atoms with Gasteiger partial charge in [0.1, 0.15) is 0 Å². The lowest BCUT2D eigenvalue weighted by Crippen LogP contribution is -2.01. The van der Waals surface area contributed by atoms with Crippen molar-refractivity contribution in [2.75, 3.05) is 11.1 Å². The largest absolute Gasteiger partial charge is 0.398 e. The minimum absolute atomic E-state index is 0.741. The van der Waals surface area contributed by atoms with Gasteiger partial charge < -0.3 is 11.1 Å². The molecule has 3 rings (SSSR count). The van der Waals surface area contributed by atoms with E-state index >= 15 is 0 Å². The molecule has 0 aliphatic rings. The third kappa shape index (κ3) is 2.56. The van der Waals surface area contributed by atoms with Gasteiger partial charge in [0.15, 0.2) is 0 Å². The molecule has 0 aromatic heterocycles. The Morgan fingerprint density at radius 3 is 2.35 bits per heavy atom. The number of hydrogen-bond acceptors (Lipinski definition) is 2. The van der Waals surface area contributed by atoms with Gasteiger partial charge in [0.25, 0.3) is 0 Å². The highest BCUT2D eigenvalue weighted by molar-refractivity contribution is 6.30. The zero-order valence-electron chi connectivity index (χ0n) is 10.9. The quantitative estimate of drug-likeness (QED) is 0.684. The van der Waals surface area contributed by atoms with Crippen LogP contribution in [0.25, 0.3) is 10.8 Å². The van der Waals surface area contributed by atoms with Gasteiger partial charge in [-0.3, -0.25) is 0 Å². The van der Waals surface area contributed by atoms with Crippen molar-refractivity contribution in [3.8, 4) is 0 Å². The first-order valence-electron chi connectivity index (χ1n) is 6.49. The summed E-state index contributed by atoms with van der Waals surface area (Å²) in [4.78, 5) is 0. The van der Waals surface area contributed by atoms with Gasteiger partial charge >= 0.3 is 0 Å². The van der Waals surface area contributed by atoms with Crippen LogP contribution in [0.3, 0.4) is 0 Å². The van der Waals surface area contributed by atoms with Gasteiger partial charge in [-0.15, -0.1) is 0 Å². The van der Waals surface area contributed by atoms with Gasteiger partial charge in [0.05, 0.1) is 0 Å². The van der Waals surface area contributed by atoms with Gasteiger partial charge in [-0.1, -0.05) is 48.0 Å². The standard InChI is InChI=1S/C17H15ClN2/c18-14-9-7-12(8-10-14)11-20-16-6-2-4-13-3-1-5-15(19)17(13)16/h1-10,20H,11,19H2. The summed E-state index contributed by atoms with van der Waals surface area (Å²) in [5, 5.41) is 6.41. The second-order valence-corrected chi connectivity index (χ2v) is 5.17. The van der Waals surface area contributed by atoms with E-state index in [0.29, 0.717) is 0 Å². The molecule has 0 heterocycles. The lowest BCUT2D eigenvalue weighted by atomic mass is 10.1. The molecule has 3 N–H and O–H groups in total. The highest BCUT2D eigenvalue weighted by atomic mass is 35.5. The predicted molar refractivity (Wildman–Crippen MR) is 87.1 cm³/mol. The summed E-state index contributed by atoms with van der Waals surface area (Å²) in [6.07, 6.45) is 0. The summed E-state index contributed by atoms with van der Waals surface area (Å²) >= 11 is 5.89. The molecule has 0 saturated carbocycles. The Morgan fingerprint density at radius 1 is 0.900 bits per heavy atom. The second-order valence-electron chi connectivity index (χ2n) is 4.73. The number of rotatable bonds is 3. The average Bonchev–Trinajstić information content (AvgIpc) is 2.47. The highest BCUT2D eigenvalue weighted by Gasteiger charge is 2.03. The zero-order valence-corrected chi connectivity index (χ0v) is 11.7. The van der Waals surface area contributed by atoms with Crippen LogP contribution in [0, 0.1) is 0 Å². The maximum atomic E-state index is 6.09. The molecular weight excluding hydrogens is 268 g/mol. The number of benzene rings is 3. The SMILES string of the molecule is Nc1cccc2cccc(NCc3ccc(Cl)cc3)c12. The maximum absolute atomic E-state index is 6.09. The van der Waals surface area contributed by atoms with Crippen molar-refractivity contribution in [3.63, 3.8) is 0 Å². The molecule has 3 aromatic rings. The summed E-state index contributed by atoms with van der Waals surface area (Å²) in [6, 6.07) is 20.0. The van der Waals surface area contributed by atoms with E-state index in [1.54, 1.807) is 0 Å². The Balaban J connectivity index is 1.89. The first-order chi connectivity index (χ1) is 9.74. The molecule has 0 amide bonds. The molecule has 2 nitrogen and oxygen atoms in total. The van der Waals surface area contributed by atoms with Crippen LogP contribution in [-0.2, 0) is 6.54 Å². The van der Waals surface area contributed by atoms with E-state index in [-0.39, 0.29) is 0 Å². The first-order valence-corrected chi connectivity index (χ1v) is 6.87. The Bertz CT molecular complexity index is 730. The second kappa shape index (κ2) is 5.43. The minimum Gasteiger partial charge on any atom is -0.398 e. The molecule has 0 bridgehead atoms. The van der Waals surface area contributed by atoms with Gasteiger partial charge in [0, 0.05) is 28.3 Å². The van der Waals surface area contributed by atoms with Crippen LogP contribution in [-0.4, -0.2) is 0 Å². The summed E-state index contributed by atoms with van der Waals surface area (Å²) < 4.78 is 0. The van der Waals surface area contributed by atoms with Crippen molar-refractivity contribution in [1.82, 2.24) is 0 Å². The van der Waals surface area contributed by atoms with Crippen LogP contribution in [0.15, 0.2) is 60.7 Å². The molecule has 0 aliphatic carbocycles. The van der Waals surface area contributed by atoms with Crippen molar-refractivity contribution >= 4 is 33.7 Å². The topological polar surface area (TPSA) is 38.0 Å². The molecule has 0 aliphatic heterocycles. The Labute approximate surface area is 123 Å². The predicted octanol–water partition coefficient (Wildman–Crippen LogP) is 4.69. The molecule has 0 radical (unpaired) electrons. The van der Waals surface area contributed by atoms with Crippen LogP contribution in [0.4, 0.5) is 11.4 Å². The highest BCUT2D eigenvalue weighted by Crippen LogP contribution is 2.29. The normalized spacial score (nSPS) is 10.7. The molecule has 0 unspecified atom stereocenters. The molecule has 0 atom stereocenters. The van der Waals surface area contributed by atoms with Gasteiger partial charge in [-0.25, -0.2) is 0 Å². The fourth-order valence-electron chi connectivity index (χ4n) is 2.32. The monoisotopic (exact) mass is 282 g/mol. The zero-order chi connectivity index (χ0) is 13.9. The van der Waals surface area contributed by atoms with Crippen LogP contribution in [0.2, 0.25) is 5.02 Å². The smallest absolute Gasteiger partial charge is 0.0443 e. The number of halogens is 1. The molecule has 20 heavy (non-hydrogen) atoms. The van der Waals surface area contributed by atoms with Crippen molar-refractivity contribution in [2.24, 2.45) is 0 Å². The summed E-state index contributed by atoms with van der Waals surface area (Å²) in [6.45, 7) is 0.741. The lowest BCUT2D eigenvalue weighted by molar-refractivity contribution is 1.15. The first kappa shape index (κ1) is 12.8. The van der Waals surface area contributed by atoms with E-state index in [1.165, 1.54) is 5.56 Å². The molecule has 3 heteroatoms. The molecule has 100 valence electrons. The summed E-state index contributed by atoms with van der Waals surface area (Å²) in [7, 11) is 0. The van der Waals surface area contributed by atoms with E-state index in [0.717, 1.165) is 33.7 Å². The lowest BCUT2D eigenvalue weighted by Gasteiger charge is -2.11. The van der Waals surface area contributed by atoms with Crippen molar-refractivity contribution in [2.45, 2.75) is 6.54 Å². The maximum Gasteiger partial charge on any atom is 0.0443 e. The molecular formula is C17H15ClN2. The van der Waals surface area contributed by atoms with Crippen LogP contribution >= 0.6 is 11.6 Å². The van der Waals surface area contributed by atoms with Gasteiger partial charge in [-0.05, 0) is 35.2 Å². The van der Waals surface area contributed by atoms with Crippen molar-refractivity contribution in [1.29, 1.82) is 0 Å². The number of nitrogens with one attached hydrogen (secondary N) is 1. The van der Waals surface area contributed by atoms with Crippen molar-refractivity contribution < 1.29 is 0 Å². The van der Waals surface area contributed by atoms with Crippen LogP contribution < -0.4 is 11.1 Å². The number of hydrogen-bond donors (Lipinski definition) is 2. The van der Waals surface area contributed by atoms with Crippen molar-refractivity contribution in [3.05, 3.63) is 71.2 Å². The third-order valence-electron chi connectivity index (χ3n) is 3.33. The summed E-state index contributed by atoms with van der Waals surface area (Å²) in [5.41, 5.74) is 9.11. The molecule has 0 saturated heterocycles. The Hall–Kier alpha value is -2.19. The molecule has 0 fully saturated rings. The number of anilines is 2. The number of fused-ring (bicyclic) bond motifs is 1. The molecule has 3 aromatic carbocycles. The van der Waals surface area contributed by atoms with E-state index < -0.39 is 0 Å². The minimum atomic E-state index is 0.741. The third-order valence-corrected chi connectivity index (χ3v) is 3.59. The van der Waals surface area contributed by atoms with Crippen LogP contribution in [0.5, 0.6) is 0 Å². The number of nitrogens with two attached hydrogens (primary N) is 1. The van der Waals surface area contributed by atoms with E-state index in [2.05, 4.69) is 23.5 Å². The van der Waals surface area contributed by atoms with Gasteiger partial charge in [-0.2, -0.15) is 0 Å². The Kier molecular flexibility index (Phi) is 3.48. The van der Waals surface area contributed by atoms with E-state index in [1.807, 2.05) is 42.5 Å².